The van der Waals surface area contributed by atoms with E-state index in [1.807, 2.05) is 6.92 Å². The van der Waals surface area contributed by atoms with E-state index in [4.69, 9.17) is 10.5 Å². The molecule has 188 valence electrons. The number of carbonyl (C=O) groups excluding carboxylic acids is 1. The Bertz CT molecular complexity index is 1390. The summed E-state index contributed by atoms with van der Waals surface area (Å²) in [6, 6.07) is 5.36. The predicted molar refractivity (Wildman–Crippen MR) is 123 cm³/mol. The molecular formula is C23H23F3N8O2. The van der Waals surface area contributed by atoms with Gasteiger partial charge in [-0.15, -0.1) is 5.10 Å². The average Bonchev–Trinajstić information content (AvgIpc) is 3.59. The van der Waals surface area contributed by atoms with Crippen LogP contribution in [0.5, 0.6) is 0 Å². The molecule has 0 radical (unpaired) electrons. The number of nitrogens with one attached hydrogen (secondary N) is 1. The third-order valence-electron chi connectivity index (χ3n) is 6.05. The molecule has 13 heteroatoms. The summed E-state index contributed by atoms with van der Waals surface area (Å²) in [7, 11) is 0. The zero-order valence-electron chi connectivity index (χ0n) is 19.2. The number of amides is 1. The Hall–Kier alpha value is -4.00. The molecule has 1 aliphatic rings. The zero-order valence-corrected chi connectivity index (χ0v) is 19.2. The predicted octanol–water partition coefficient (Wildman–Crippen LogP) is 3.11. The molecule has 1 fully saturated rings. The number of hydrogen-bond donors (Lipinski definition) is 2. The molecule has 1 aliphatic heterocycles. The number of nitrogen functional groups attached to an aromatic ring is 1. The van der Waals surface area contributed by atoms with Gasteiger partial charge in [0.25, 0.3) is 5.91 Å². The number of ether oxygens (including phenoxy) is 1. The Balaban J connectivity index is 1.47. The van der Waals surface area contributed by atoms with Gasteiger partial charge in [-0.2, -0.15) is 23.3 Å². The molecule has 5 heterocycles. The standard InChI is InChI=1S/C23H23F3N8O2/c1-2-17(13-3-4-19(28-9-13)23(24,25)26)33-11-15(10-29-33)14-7-18(21(35)30-16-5-6-36-12-16)34-20(8-14)31-22(27)32-34/h3-4,7-11,16-17H,2,5-6,12H2,1H3,(H2,27,32)(H,30,35)/t16-,17?/m0/s1. The molecule has 1 amide bonds. The lowest BCUT2D eigenvalue weighted by atomic mass is 10.1. The number of pyridine rings is 2. The molecule has 0 saturated carbocycles. The third kappa shape index (κ3) is 4.61. The minimum absolute atomic E-state index is 0.0296. The molecule has 1 unspecified atom stereocenters. The number of nitrogens with zero attached hydrogens (tertiary/aromatic N) is 6. The fraction of sp³-hybridized carbons (Fsp3) is 0.348. The van der Waals surface area contributed by atoms with Crippen molar-refractivity contribution in [2.75, 3.05) is 18.9 Å². The normalized spacial score (nSPS) is 16.9. The van der Waals surface area contributed by atoms with Crippen LogP contribution in [0.15, 0.2) is 42.9 Å². The summed E-state index contributed by atoms with van der Waals surface area (Å²) in [5, 5.41) is 11.5. The number of anilines is 1. The maximum atomic E-state index is 13.0. The number of rotatable bonds is 6. The fourth-order valence-corrected chi connectivity index (χ4v) is 4.24. The molecule has 5 rings (SSSR count). The van der Waals surface area contributed by atoms with E-state index in [0.29, 0.717) is 42.0 Å². The van der Waals surface area contributed by atoms with Crippen LogP contribution in [0.4, 0.5) is 19.1 Å². The molecule has 4 aromatic heterocycles. The van der Waals surface area contributed by atoms with Crippen molar-refractivity contribution in [1.82, 2.24) is 34.7 Å². The summed E-state index contributed by atoms with van der Waals surface area (Å²) >= 11 is 0. The first-order valence-electron chi connectivity index (χ1n) is 11.4. The number of aromatic nitrogens is 6. The largest absolute Gasteiger partial charge is 0.433 e. The number of carbonyl (C=O) groups is 1. The SMILES string of the molecule is CCC(c1ccc(C(F)(F)F)nc1)n1cc(-c2cc(C(=O)N[C@H]3CCOC3)n3nc(N)nc3c2)cn1. The van der Waals surface area contributed by atoms with Gasteiger partial charge in [-0.25, -0.2) is 4.52 Å². The lowest BCUT2D eigenvalue weighted by Crippen LogP contribution is -2.36. The minimum Gasteiger partial charge on any atom is -0.379 e. The number of nitrogens with two attached hydrogens (primary N) is 1. The number of fused-ring (bicyclic) bond motifs is 1. The van der Waals surface area contributed by atoms with E-state index >= 15 is 0 Å². The van der Waals surface area contributed by atoms with Crippen molar-refractivity contribution in [2.45, 2.75) is 38.0 Å². The van der Waals surface area contributed by atoms with Crippen LogP contribution in [0.1, 0.15) is 47.6 Å². The van der Waals surface area contributed by atoms with Crippen LogP contribution in [0.3, 0.4) is 0 Å². The second kappa shape index (κ2) is 9.22. The molecule has 0 bridgehead atoms. The van der Waals surface area contributed by atoms with E-state index in [2.05, 4.69) is 25.5 Å². The van der Waals surface area contributed by atoms with Crippen LogP contribution in [0.2, 0.25) is 0 Å². The number of halogens is 3. The molecule has 3 N–H and O–H groups in total. The number of alkyl halides is 3. The van der Waals surface area contributed by atoms with Crippen molar-refractivity contribution in [3.63, 3.8) is 0 Å². The molecule has 1 saturated heterocycles. The first-order valence-corrected chi connectivity index (χ1v) is 11.4. The third-order valence-corrected chi connectivity index (χ3v) is 6.05. The van der Waals surface area contributed by atoms with E-state index in [0.717, 1.165) is 12.5 Å². The van der Waals surface area contributed by atoms with Gasteiger partial charge in [0.15, 0.2) is 5.65 Å². The summed E-state index contributed by atoms with van der Waals surface area (Å²) in [5.74, 6) is -0.307. The van der Waals surface area contributed by atoms with E-state index in [9.17, 15) is 18.0 Å². The van der Waals surface area contributed by atoms with Crippen LogP contribution in [0, 0.1) is 0 Å². The zero-order chi connectivity index (χ0) is 25.4. The molecule has 0 aromatic carbocycles. The second-order valence-corrected chi connectivity index (χ2v) is 8.51. The van der Waals surface area contributed by atoms with Crippen molar-refractivity contribution < 1.29 is 22.7 Å². The Kier molecular flexibility index (Phi) is 6.08. The fourth-order valence-electron chi connectivity index (χ4n) is 4.24. The maximum Gasteiger partial charge on any atom is 0.433 e. The van der Waals surface area contributed by atoms with Gasteiger partial charge in [0.05, 0.1) is 24.9 Å². The minimum atomic E-state index is -4.50. The van der Waals surface area contributed by atoms with Crippen molar-refractivity contribution in [2.24, 2.45) is 0 Å². The van der Waals surface area contributed by atoms with Gasteiger partial charge < -0.3 is 15.8 Å². The Morgan fingerprint density at radius 2 is 2.11 bits per heavy atom. The van der Waals surface area contributed by atoms with Gasteiger partial charge in [-0.05, 0) is 42.2 Å². The summed E-state index contributed by atoms with van der Waals surface area (Å²) in [6.07, 6.45) is 1.40. The van der Waals surface area contributed by atoms with Crippen molar-refractivity contribution in [3.05, 3.63) is 59.8 Å². The molecule has 0 spiro atoms. The van der Waals surface area contributed by atoms with Gasteiger partial charge >= 0.3 is 6.18 Å². The van der Waals surface area contributed by atoms with Gasteiger partial charge in [0.2, 0.25) is 5.95 Å². The quantitative estimate of drug-likeness (QED) is 0.417. The lowest BCUT2D eigenvalue weighted by molar-refractivity contribution is -0.141. The highest BCUT2D eigenvalue weighted by Crippen LogP contribution is 2.30. The summed E-state index contributed by atoms with van der Waals surface area (Å²) in [4.78, 5) is 20.8. The van der Waals surface area contributed by atoms with Crippen LogP contribution >= 0.6 is 0 Å². The van der Waals surface area contributed by atoms with E-state index in [1.54, 1.807) is 29.2 Å². The van der Waals surface area contributed by atoms with Crippen LogP contribution in [-0.4, -0.2) is 54.5 Å². The monoisotopic (exact) mass is 500 g/mol. The molecule has 2 atom stereocenters. The highest BCUT2D eigenvalue weighted by Gasteiger charge is 2.32. The summed E-state index contributed by atoms with van der Waals surface area (Å²) < 4.78 is 47.1. The van der Waals surface area contributed by atoms with E-state index < -0.39 is 11.9 Å². The molecule has 4 aromatic rings. The Morgan fingerprint density at radius 3 is 2.78 bits per heavy atom. The topological polar surface area (TPSA) is 125 Å². The maximum absolute atomic E-state index is 13.0. The molecular weight excluding hydrogens is 477 g/mol. The highest BCUT2D eigenvalue weighted by molar-refractivity contribution is 5.95. The molecule has 36 heavy (non-hydrogen) atoms. The van der Waals surface area contributed by atoms with Gasteiger partial charge in [0.1, 0.15) is 11.4 Å². The van der Waals surface area contributed by atoms with Gasteiger partial charge in [-0.3, -0.25) is 14.5 Å². The Labute approximate surface area is 203 Å². The summed E-state index contributed by atoms with van der Waals surface area (Å²) in [6.45, 7) is 2.94. The van der Waals surface area contributed by atoms with Gasteiger partial charge in [-0.1, -0.05) is 13.0 Å². The van der Waals surface area contributed by atoms with Crippen LogP contribution in [-0.2, 0) is 10.9 Å². The van der Waals surface area contributed by atoms with Crippen molar-refractivity contribution in [3.8, 4) is 11.1 Å². The first-order chi connectivity index (χ1) is 17.2. The first kappa shape index (κ1) is 23.7. The average molecular weight is 500 g/mol. The van der Waals surface area contributed by atoms with Crippen LogP contribution in [0.25, 0.3) is 16.8 Å². The molecule has 10 nitrogen and oxygen atoms in total. The smallest absolute Gasteiger partial charge is 0.379 e. The van der Waals surface area contributed by atoms with Crippen molar-refractivity contribution >= 4 is 17.5 Å². The second-order valence-electron chi connectivity index (χ2n) is 8.51. The van der Waals surface area contributed by atoms with Crippen LogP contribution < -0.4 is 11.1 Å². The Morgan fingerprint density at radius 1 is 1.28 bits per heavy atom. The lowest BCUT2D eigenvalue weighted by Gasteiger charge is -2.16. The number of hydrogen-bond acceptors (Lipinski definition) is 7. The summed E-state index contributed by atoms with van der Waals surface area (Å²) in [5.41, 5.74) is 7.44. The van der Waals surface area contributed by atoms with E-state index in [-0.39, 0.29) is 29.6 Å². The van der Waals surface area contributed by atoms with Gasteiger partial charge in [0, 0.05) is 24.6 Å². The molecule has 0 aliphatic carbocycles. The van der Waals surface area contributed by atoms with E-state index in [1.165, 1.54) is 16.8 Å². The van der Waals surface area contributed by atoms with Crippen molar-refractivity contribution in [1.29, 1.82) is 0 Å². The highest BCUT2D eigenvalue weighted by atomic mass is 19.4.